The van der Waals surface area contributed by atoms with Crippen LogP contribution in [0.5, 0.6) is 0 Å². The molecule has 1 aliphatic rings. The highest BCUT2D eigenvalue weighted by molar-refractivity contribution is 7.90. The SMILES string of the molecule is Cl.NC(CNS(=O)(=O)c1ccc(S(=O)(=O)NC2CC2)cc1)c1ccccc1. The molecule has 4 N–H and O–H groups in total. The lowest BCUT2D eigenvalue weighted by atomic mass is 10.1. The highest BCUT2D eigenvalue weighted by atomic mass is 35.5. The molecule has 0 aliphatic heterocycles. The van der Waals surface area contributed by atoms with Gasteiger partial charge in [0.25, 0.3) is 0 Å². The van der Waals surface area contributed by atoms with Gasteiger partial charge in [-0.15, -0.1) is 12.4 Å². The van der Waals surface area contributed by atoms with Gasteiger partial charge < -0.3 is 5.73 Å². The number of nitrogens with one attached hydrogen (secondary N) is 2. The third-order valence-electron chi connectivity index (χ3n) is 4.06. The van der Waals surface area contributed by atoms with Crippen molar-refractivity contribution in [3.05, 3.63) is 60.2 Å². The van der Waals surface area contributed by atoms with Crippen molar-refractivity contribution < 1.29 is 16.8 Å². The van der Waals surface area contributed by atoms with Crippen LogP contribution in [0.4, 0.5) is 0 Å². The minimum Gasteiger partial charge on any atom is -0.323 e. The van der Waals surface area contributed by atoms with Gasteiger partial charge in [-0.3, -0.25) is 0 Å². The molecule has 148 valence electrons. The van der Waals surface area contributed by atoms with Crippen LogP contribution in [0.25, 0.3) is 0 Å². The lowest BCUT2D eigenvalue weighted by Crippen LogP contribution is -2.32. The Labute approximate surface area is 165 Å². The normalized spacial score (nSPS) is 15.7. The molecule has 0 aromatic heterocycles. The number of halogens is 1. The summed E-state index contributed by atoms with van der Waals surface area (Å²) in [5.74, 6) is 0. The Bertz CT molecular complexity index is 961. The molecule has 0 spiro atoms. The van der Waals surface area contributed by atoms with Gasteiger partial charge in [0.1, 0.15) is 0 Å². The Balaban J connectivity index is 0.00000261. The molecule has 0 saturated heterocycles. The molecule has 0 amide bonds. The molecule has 2 aromatic rings. The topological polar surface area (TPSA) is 118 Å². The van der Waals surface area contributed by atoms with E-state index in [1.165, 1.54) is 24.3 Å². The van der Waals surface area contributed by atoms with Gasteiger partial charge in [-0.2, -0.15) is 0 Å². The Kier molecular flexibility index (Phi) is 7.01. The van der Waals surface area contributed by atoms with Crippen LogP contribution in [0.15, 0.2) is 64.4 Å². The fourth-order valence-corrected chi connectivity index (χ4v) is 4.75. The zero-order valence-corrected chi connectivity index (χ0v) is 16.9. The Hall–Kier alpha value is -1.49. The summed E-state index contributed by atoms with van der Waals surface area (Å²) in [6.07, 6.45) is 1.66. The Morgan fingerprint density at radius 2 is 1.41 bits per heavy atom. The molecule has 1 unspecified atom stereocenters. The van der Waals surface area contributed by atoms with Gasteiger partial charge in [-0.1, -0.05) is 30.3 Å². The summed E-state index contributed by atoms with van der Waals surface area (Å²) in [5.41, 5.74) is 6.82. The summed E-state index contributed by atoms with van der Waals surface area (Å²) in [5, 5.41) is 0. The van der Waals surface area contributed by atoms with Gasteiger partial charge in [-0.05, 0) is 42.7 Å². The maximum Gasteiger partial charge on any atom is 0.240 e. The summed E-state index contributed by atoms with van der Waals surface area (Å²) in [6, 6.07) is 13.8. The van der Waals surface area contributed by atoms with E-state index in [9.17, 15) is 16.8 Å². The second-order valence-corrected chi connectivity index (χ2v) is 9.72. The maximum absolute atomic E-state index is 12.4. The minimum absolute atomic E-state index is 0. The molecular formula is C17H22ClN3O4S2. The number of hydrogen-bond donors (Lipinski definition) is 3. The van der Waals surface area contributed by atoms with Crippen molar-refractivity contribution in [2.24, 2.45) is 5.73 Å². The van der Waals surface area contributed by atoms with E-state index in [0.717, 1.165) is 18.4 Å². The quantitative estimate of drug-likeness (QED) is 0.585. The molecule has 0 heterocycles. The van der Waals surface area contributed by atoms with Crippen LogP contribution in [0.3, 0.4) is 0 Å². The van der Waals surface area contributed by atoms with Crippen molar-refractivity contribution in [3.8, 4) is 0 Å². The van der Waals surface area contributed by atoms with E-state index in [-0.39, 0.29) is 34.8 Å². The molecule has 1 saturated carbocycles. The predicted octanol–water partition coefficient (Wildman–Crippen LogP) is 1.53. The number of sulfonamides is 2. The molecule has 0 bridgehead atoms. The first kappa shape index (κ1) is 21.8. The smallest absolute Gasteiger partial charge is 0.240 e. The summed E-state index contributed by atoms with van der Waals surface area (Å²) < 4.78 is 54.0. The van der Waals surface area contributed by atoms with Crippen LogP contribution >= 0.6 is 12.4 Å². The van der Waals surface area contributed by atoms with E-state index in [0.29, 0.717) is 0 Å². The molecule has 27 heavy (non-hydrogen) atoms. The van der Waals surface area contributed by atoms with Gasteiger partial charge >= 0.3 is 0 Å². The predicted molar refractivity (Wildman–Crippen MR) is 106 cm³/mol. The molecule has 0 radical (unpaired) electrons. The van der Waals surface area contributed by atoms with Crippen molar-refractivity contribution in [1.29, 1.82) is 0 Å². The maximum atomic E-state index is 12.4. The zero-order chi connectivity index (χ0) is 18.8. The average Bonchev–Trinajstić information content (AvgIpc) is 3.44. The highest BCUT2D eigenvalue weighted by Gasteiger charge is 2.28. The molecule has 1 fully saturated rings. The van der Waals surface area contributed by atoms with Gasteiger partial charge in [0, 0.05) is 18.6 Å². The van der Waals surface area contributed by atoms with E-state index in [1.54, 1.807) is 0 Å². The van der Waals surface area contributed by atoms with Crippen LogP contribution in [-0.2, 0) is 20.0 Å². The van der Waals surface area contributed by atoms with Crippen molar-refractivity contribution in [2.75, 3.05) is 6.54 Å². The average molecular weight is 432 g/mol. The molecule has 3 rings (SSSR count). The van der Waals surface area contributed by atoms with Crippen LogP contribution < -0.4 is 15.2 Å². The fraction of sp³-hybridized carbons (Fsp3) is 0.294. The van der Waals surface area contributed by atoms with E-state index in [2.05, 4.69) is 9.44 Å². The van der Waals surface area contributed by atoms with E-state index in [4.69, 9.17) is 5.73 Å². The molecular weight excluding hydrogens is 410 g/mol. The van der Waals surface area contributed by atoms with Crippen LogP contribution in [0, 0.1) is 0 Å². The summed E-state index contributed by atoms with van der Waals surface area (Å²) in [6.45, 7) is 0.0373. The Morgan fingerprint density at radius 3 is 1.93 bits per heavy atom. The second kappa shape index (κ2) is 8.68. The minimum atomic E-state index is -3.78. The fourth-order valence-electron chi connectivity index (χ4n) is 2.39. The second-order valence-electron chi connectivity index (χ2n) is 6.24. The van der Waals surface area contributed by atoms with E-state index >= 15 is 0 Å². The lowest BCUT2D eigenvalue weighted by molar-refractivity contribution is 0.571. The number of rotatable bonds is 8. The summed E-state index contributed by atoms with van der Waals surface area (Å²) >= 11 is 0. The first-order chi connectivity index (χ1) is 12.3. The van der Waals surface area contributed by atoms with Crippen molar-refractivity contribution in [3.63, 3.8) is 0 Å². The first-order valence-corrected chi connectivity index (χ1v) is 11.2. The molecule has 10 heteroatoms. The monoisotopic (exact) mass is 431 g/mol. The zero-order valence-electron chi connectivity index (χ0n) is 14.4. The Morgan fingerprint density at radius 1 is 0.889 bits per heavy atom. The largest absolute Gasteiger partial charge is 0.323 e. The number of hydrogen-bond acceptors (Lipinski definition) is 5. The van der Waals surface area contributed by atoms with Gasteiger partial charge in [0.15, 0.2) is 0 Å². The third-order valence-corrected chi connectivity index (χ3v) is 7.04. The first-order valence-electron chi connectivity index (χ1n) is 8.20. The van der Waals surface area contributed by atoms with Crippen LogP contribution in [0.2, 0.25) is 0 Å². The third kappa shape index (κ3) is 5.74. The molecule has 2 aromatic carbocycles. The van der Waals surface area contributed by atoms with Crippen molar-refractivity contribution >= 4 is 32.5 Å². The molecule has 1 aliphatic carbocycles. The number of benzene rings is 2. The molecule has 1 atom stereocenters. The highest BCUT2D eigenvalue weighted by Crippen LogP contribution is 2.22. The van der Waals surface area contributed by atoms with Crippen LogP contribution in [-0.4, -0.2) is 29.4 Å². The van der Waals surface area contributed by atoms with E-state index in [1.807, 2.05) is 30.3 Å². The molecule has 7 nitrogen and oxygen atoms in total. The van der Waals surface area contributed by atoms with E-state index < -0.39 is 26.1 Å². The van der Waals surface area contributed by atoms with Gasteiger partial charge in [0.2, 0.25) is 20.0 Å². The van der Waals surface area contributed by atoms with Crippen molar-refractivity contribution in [2.45, 2.75) is 34.7 Å². The lowest BCUT2D eigenvalue weighted by Gasteiger charge is -2.14. The summed E-state index contributed by atoms with van der Waals surface area (Å²) in [7, 11) is -7.39. The summed E-state index contributed by atoms with van der Waals surface area (Å²) in [4.78, 5) is 0.0347. The van der Waals surface area contributed by atoms with Gasteiger partial charge in [-0.25, -0.2) is 26.3 Å². The number of nitrogens with two attached hydrogens (primary N) is 1. The standard InChI is InChI=1S/C17H21N3O4S2.ClH/c18-17(13-4-2-1-3-5-13)12-19-25(21,22)15-8-10-16(11-9-15)26(23,24)20-14-6-7-14;/h1-5,8-11,14,17,19-20H,6-7,12,18H2;1H. The van der Waals surface area contributed by atoms with Gasteiger partial charge in [0.05, 0.1) is 9.79 Å². The van der Waals surface area contributed by atoms with Crippen LogP contribution in [0.1, 0.15) is 24.4 Å². The van der Waals surface area contributed by atoms with Crippen molar-refractivity contribution in [1.82, 2.24) is 9.44 Å².